The number of aromatic nitrogens is 2. The Hall–Kier alpha value is -1.20. The fraction of sp³-hybridized carbons (Fsp3) is 0.750. The Bertz CT molecular complexity index is 452. The number of nitrogens with zero attached hydrogens (tertiary/aromatic N) is 4. The number of ether oxygens (including phenoxy) is 1. The monoisotopic (exact) mass is 292 g/mol. The summed E-state index contributed by atoms with van der Waals surface area (Å²) in [4.78, 5) is 14.2. The van der Waals surface area contributed by atoms with Crippen LogP contribution < -0.4 is 4.90 Å². The highest BCUT2D eigenvalue weighted by atomic mass is 16.5. The fourth-order valence-corrected chi connectivity index (χ4v) is 2.90. The molecule has 1 aliphatic rings. The maximum Gasteiger partial charge on any atom is 0.225 e. The molecule has 118 valence electrons. The number of hydrogen-bond acceptors (Lipinski definition) is 5. The van der Waals surface area contributed by atoms with Crippen LogP contribution in [0.15, 0.2) is 6.07 Å². The van der Waals surface area contributed by atoms with Gasteiger partial charge in [-0.3, -0.25) is 4.90 Å². The first-order valence-electron chi connectivity index (χ1n) is 8.00. The van der Waals surface area contributed by atoms with Crippen LogP contribution in [0.5, 0.6) is 0 Å². The summed E-state index contributed by atoms with van der Waals surface area (Å²) < 4.78 is 5.21. The molecule has 2 heterocycles. The van der Waals surface area contributed by atoms with Crippen LogP contribution in [0.25, 0.3) is 0 Å². The lowest BCUT2D eigenvalue weighted by Crippen LogP contribution is -2.54. The van der Waals surface area contributed by atoms with Gasteiger partial charge in [-0.1, -0.05) is 13.8 Å². The van der Waals surface area contributed by atoms with Crippen LogP contribution in [0.1, 0.15) is 31.7 Å². The van der Waals surface area contributed by atoms with Gasteiger partial charge in [0.1, 0.15) is 0 Å². The van der Waals surface area contributed by atoms with Crippen LogP contribution in [0, 0.1) is 6.92 Å². The van der Waals surface area contributed by atoms with E-state index in [9.17, 15) is 0 Å². The number of hydrogen-bond donors (Lipinski definition) is 0. The lowest BCUT2D eigenvalue weighted by molar-refractivity contribution is 0.109. The highest BCUT2D eigenvalue weighted by Gasteiger charge is 2.26. The fourth-order valence-electron chi connectivity index (χ4n) is 2.90. The second-order valence-electron chi connectivity index (χ2n) is 5.69. The van der Waals surface area contributed by atoms with Gasteiger partial charge in [-0.25, -0.2) is 9.97 Å². The molecule has 1 fully saturated rings. The lowest BCUT2D eigenvalue weighted by Gasteiger charge is -2.41. The molecule has 1 saturated heterocycles. The largest absolute Gasteiger partial charge is 0.383 e. The summed E-state index contributed by atoms with van der Waals surface area (Å²) in [6.07, 6.45) is 2.11. The number of piperazine rings is 1. The topological polar surface area (TPSA) is 41.5 Å². The van der Waals surface area contributed by atoms with Crippen LogP contribution in [0.3, 0.4) is 0 Å². The molecule has 0 radical (unpaired) electrons. The van der Waals surface area contributed by atoms with Crippen molar-refractivity contribution in [3.63, 3.8) is 0 Å². The molecule has 1 aliphatic heterocycles. The third kappa shape index (κ3) is 4.14. The van der Waals surface area contributed by atoms with Gasteiger partial charge in [0.05, 0.1) is 6.61 Å². The van der Waals surface area contributed by atoms with Crippen molar-refractivity contribution >= 4 is 5.95 Å². The van der Waals surface area contributed by atoms with Crippen molar-refractivity contribution in [2.24, 2.45) is 0 Å². The van der Waals surface area contributed by atoms with Gasteiger partial charge in [-0.05, 0) is 25.8 Å². The molecule has 0 aromatic carbocycles. The molecular weight excluding hydrogens is 264 g/mol. The van der Waals surface area contributed by atoms with E-state index < -0.39 is 0 Å². The summed E-state index contributed by atoms with van der Waals surface area (Å²) in [5, 5.41) is 0. The van der Waals surface area contributed by atoms with E-state index in [1.165, 1.54) is 0 Å². The number of aryl methyl sites for hydroxylation is 2. The quantitative estimate of drug-likeness (QED) is 0.801. The molecule has 21 heavy (non-hydrogen) atoms. The van der Waals surface area contributed by atoms with Gasteiger partial charge in [-0.15, -0.1) is 0 Å². The molecule has 0 N–H and O–H groups in total. The normalized spacial score (nSPS) is 20.0. The number of rotatable bonds is 6. The first-order valence-corrected chi connectivity index (χ1v) is 8.00. The van der Waals surface area contributed by atoms with E-state index in [0.717, 1.165) is 63.0 Å². The number of anilines is 1. The Morgan fingerprint density at radius 3 is 2.76 bits per heavy atom. The minimum Gasteiger partial charge on any atom is -0.383 e. The van der Waals surface area contributed by atoms with E-state index >= 15 is 0 Å². The second-order valence-corrected chi connectivity index (χ2v) is 5.69. The van der Waals surface area contributed by atoms with Crippen LogP contribution in [0.2, 0.25) is 0 Å². The predicted molar refractivity (Wildman–Crippen MR) is 85.9 cm³/mol. The summed E-state index contributed by atoms with van der Waals surface area (Å²) in [6, 6.07) is 2.64. The smallest absolute Gasteiger partial charge is 0.225 e. The van der Waals surface area contributed by atoms with Crippen LogP contribution in [0.4, 0.5) is 5.95 Å². The maximum absolute atomic E-state index is 5.21. The first kappa shape index (κ1) is 16.2. The summed E-state index contributed by atoms with van der Waals surface area (Å²) in [7, 11) is 1.77. The van der Waals surface area contributed by atoms with Crippen molar-refractivity contribution in [1.29, 1.82) is 0 Å². The average molecular weight is 292 g/mol. The van der Waals surface area contributed by atoms with Crippen molar-refractivity contribution in [1.82, 2.24) is 14.9 Å². The Morgan fingerprint density at radius 2 is 2.10 bits per heavy atom. The Balaban J connectivity index is 2.07. The summed E-state index contributed by atoms with van der Waals surface area (Å²) >= 11 is 0. The van der Waals surface area contributed by atoms with Gasteiger partial charge < -0.3 is 9.64 Å². The SMILES string of the molecule is CCc1cc(C)nc(N2CCN(CCOC)[C@@H](CC)C2)n1. The summed E-state index contributed by atoms with van der Waals surface area (Å²) in [6.45, 7) is 11.3. The van der Waals surface area contributed by atoms with Crippen molar-refractivity contribution in [2.45, 2.75) is 39.7 Å². The molecule has 0 saturated carbocycles. The zero-order valence-electron chi connectivity index (χ0n) is 13.8. The molecule has 1 aromatic heterocycles. The minimum absolute atomic E-state index is 0.558. The summed E-state index contributed by atoms with van der Waals surface area (Å²) in [5.41, 5.74) is 2.19. The zero-order chi connectivity index (χ0) is 15.2. The van der Waals surface area contributed by atoms with Crippen molar-refractivity contribution in [2.75, 3.05) is 44.8 Å². The molecule has 1 aromatic rings. The molecule has 2 rings (SSSR count). The maximum atomic E-state index is 5.21. The van der Waals surface area contributed by atoms with E-state index in [2.05, 4.69) is 41.6 Å². The van der Waals surface area contributed by atoms with Gasteiger partial charge in [-0.2, -0.15) is 0 Å². The lowest BCUT2D eigenvalue weighted by atomic mass is 10.1. The molecule has 0 spiro atoms. The van der Waals surface area contributed by atoms with Gasteiger partial charge in [0.25, 0.3) is 0 Å². The third-order valence-electron chi connectivity index (χ3n) is 4.20. The molecule has 0 amide bonds. The van der Waals surface area contributed by atoms with E-state index in [-0.39, 0.29) is 0 Å². The molecule has 5 nitrogen and oxygen atoms in total. The van der Waals surface area contributed by atoms with E-state index in [1.54, 1.807) is 7.11 Å². The molecular formula is C16H28N4O. The first-order chi connectivity index (χ1) is 10.2. The Morgan fingerprint density at radius 1 is 1.29 bits per heavy atom. The van der Waals surface area contributed by atoms with Crippen molar-refractivity contribution in [3.8, 4) is 0 Å². The average Bonchev–Trinajstić information content (AvgIpc) is 2.52. The standard InChI is InChI=1S/C16H28N4O/c1-5-14-11-13(3)17-16(18-14)20-8-7-19(9-10-21-4)15(6-2)12-20/h11,15H,5-10,12H2,1-4H3/t15-/m0/s1. The van der Waals surface area contributed by atoms with E-state index in [1.807, 2.05) is 0 Å². The Labute approximate surface area is 128 Å². The highest BCUT2D eigenvalue weighted by Crippen LogP contribution is 2.18. The Kier molecular flexibility index (Phi) is 5.94. The van der Waals surface area contributed by atoms with E-state index in [4.69, 9.17) is 9.72 Å². The minimum atomic E-state index is 0.558. The van der Waals surface area contributed by atoms with Gasteiger partial charge in [0.2, 0.25) is 5.95 Å². The molecule has 0 unspecified atom stereocenters. The summed E-state index contributed by atoms with van der Waals surface area (Å²) in [5.74, 6) is 0.900. The van der Waals surface area contributed by atoms with Gasteiger partial charge in [0.15, 0.2) is 0 Å². The van der Waals surface area contributed by atoms with Crippen molar-refractivity contribution in [3.05, 3.63) is 17.5 Å². The molecule has 5 heteroatoms. The van der Waals surface area contributed by atoms with Crippen LogP contribution in [-0.2, 0) is 11.2 Å². The molecule has 1 atom stereocenters. The predicted octanol–water partition coefficient (Wildman–Crippen LogP) is 1.89. The van der Waals surface area contributed by atoms with Crippen LogP contribution in [-0.4, -0.2) is 60.8 Å². The van der Waals surface area contributed by atoms with Gasteiger partial charge in [0, 0.05) is 50.7 Å². The van der Waals surface area contributed by atoms with Crippen LogP contribution >= 0.6 is 0 Å². The van der Waals surface area contributed by atoms with Gasteiger partial charge >= 0.3 is 0 Å². The number of methoxy groups -OCH3 is 1. The van der Waals surface area contributed by atoms with Crippen molar-refractivity contribution < 1.29 is 4.74 Å². The van der Waals surface area contributed by atoms with E-state index in [0.29, 0.717) is 6.04 Å². The molecule has 0 aliphatic carbocycles. The highest BCUT2D eigenvalue weighted by molar-refractivity contribution is 5.33. The second kappa shape index (κ2) is 7.71. The third-order valence-corrected chi connectivity index (χ3v) is 4.20. The zero-order valence-corrected chi connectivity index (χ0v) is 13.8. The molecule has 0 bridgehead atoms.